The van der Waals surface area contributed by atoms with Gasteiger partial charge >= 0.3 is 0 Å². The fourth-order valence-corrected chi connectivity index (χ4v) is 0.311. The molecule has 60 valence electrons. The van der Waals surface area contributed by atoms with E-state index in [0.29, 0.717) is 12.1 Å². The highest BCUT2D eigenvalue weighted by Crippen LogP contribution is 1.82. The molecule has 0 aliphatic carbocycles. The second kappa shape index (κ2) is 8.13. The van der Waals surface area contributed by atoms with E-state index in [4.69, 9.17) is 0 Å². The smallest absolute Gasteiger partial charge is 0.246 e. The topological polar surface area (TPSA) is 81.1 Å². The molecular formula is C6H15N3O. The number of hydrazine groups is 1. The van der Waals surface area contributed by atoms with Crippen LogP contribution in [0.25, 0.3) is 0 Å². The molecule has 0 aromatic carbocycles. The van der Waals surface area contributed by atoms with Crippen LogP contribution in [0.3, 0.4) is 0 Å². The molecule has 4 nitrogen and oxygen atoms in total. The molecule has 0 aromatic rings. The highest BCUT2D eigenvalue weighted by Gasteiger charge is 1.95. The minimum absolute atomic E-state index is 0.0625. The predicted octanol–water partition coefficient (Wildman–Crippen LogP) is -0.483. The maximum absolute atomic E-state index is 10.5. The number of nitrogens with one attached hydrogen (secondary N) is 1. The van der Waals surface area contributed by atoms with Crippen molar-refractivity contribution in [2.24, 2.45) is 11.7 Å². The van der Waals surface area contributed by atoms with Gasteiger partial charge in [-0.1, -0.05) is 6.58 Å². The predicted molar refractivity (Wildman–Crippen MR) is 41.9 cm³/mol. The van der Waals surface area contributed by atoms with Crippen LogP contribution in [-0.4, -0.2) is 12.5 Å². The van der Waals surface area contributed by atoms with Crippen molar-refractivity contribution in [3.8, 4) is 0 Å². The van der Waals surface area contributed by atoms with Crippen LogP contribution < -0.4 is 17.0 Å². The first-order valence-electron chi connectivity index (χ1n) is 2.95. The molecule has 0 aliphatic rings. The molecule has 0 bridgehead atoms. The minimum Gasteiger partial charge on any atom is -0.353 e. The minimum atomic E-state index is -0.0625. The lowest BCUT2D eigenvalue weighted by atomic mass is 10.3. The second-order valence-corrected chi connectivity index (χ2v) is 1.64. The van der Waals surface area contributed by atoms with Crippen LogP contribution in [0.15, 0.2) is 12.2 Å². The van der Waals surface area contributed by atoms with Crippen molar-refractivity contribution in [1.82, 2.24) is 5.32 Å². The Bertz CT molecular complexity index is 112. The number of amides is 1. The van der Waals surface area contributed by atoms with Gasteiger partial charge in [-0.15, -0.1) is 0 Å². The fourth-order valence-electron chi connectivity index (χ4n) is 0.311. The quantitative estimate of drug-likeness (QED) is 0.279. The Balaban J connectivity index is 0. The summed E-state index contributed by atoms with van der Waals surface area (Å²) >= 11 is 0. The zero-order valence-corrected chi connectivity index (χ0v) is 6.48. The number of hydrogen-bond acceptors (Lipinski definition) is 3. The molecule has 1 amide bonds. The van der Waals surface area contributed by atoms with Crippen molar-refractivity contribution < 1.29 is 4.79 Å². The van der Waals surface area contributed by atoms with Gasteiger partial charge in [0, 0.05) is 12.1 Å². The van der Waals surface area contributed by atoms with Gasteiger partial charge < -0.3 is 5.32 Å². The van der Waals surface area contributed by atoms with E-state index in [9.17, 15) is 4.79 Å². The summed E-state index contributed by atoms with van der Waals surface area (Å²) in [6, 6.07) is 0. The standard InChI is InChI=1S/C6H11NO.H4N2/c1-4-7-6(8)5(2)3;1-2/h2,4H2,1,3H3,(H,7,8);1-2H2. The lowest BCUT2D eigenvalue weighted by Crippen LogP contribution is -2.22. The van der Waals surface area contributed by atoms with Crippen molar-refractivity contribution in [3.05, 3.63) is 12.2 Å². The van der Waals surface area contributed by atoms with Crippen LogP contribution in [0.5, 0.6) is 0 Å². The Hall–Kier alpha value is -0.870. The fraction of sp³-hybridized carbons (Fsp3) is 0.500. The average Bonchev–Trinajstić information content (AvgIpc) is 1.93. The van der Waals surface area contributed by atoms with E-state index in [0.717, 1.165) is 0 Å². The summed E-state index contributed by atoms with van der Waals surface area (Å²) in [5, 5.41) is 2.61. The molecule has 0 aliphatic heterocycles. The van der Waals surface area contributed by atoms with Gasteiger partial charge in [-0.05, 0) is 13.8 Å². The molecule has 0 unspecified atom stereocenters. The lowest BCUT2D eigenvalue weighted by Gasteiger charge is -1.97. The van der Waals surface area contributed by atoms with Gasteiger partial charge in [-0.3, -0.25) is 16.5 Å². The molecule has 0 spiro atoms. The van der Waals surface area contributed by atoms with Gasteiger partial charge in [0.25, 0.3) is 0 Å². The summed E-state index contributed by atoms with van der Waals surface area (Å²) in [4.78, 5) is 10.5. The van der Waals surface area contributed by atoms with Crippen molar-refractivity contribution in [3.63, 3.8) is 0 Å². The highest BCUT2D eigenvalue weighted by molar-refractivity contribution is 5.91. The van der Waals surface area contributed by atoms with E-state index in [-0.39, 0.29) is 5.91 Å². The van der Waals surface area contributed by atoms with Crippen molar-refractivity contribution in [2.75, 3.05) is 6.54 Å². The molecular weight excluding hydrogens is 130 g/mol. The molecule has 10 heavy (non-hydrogen) atoms. The number of nitrogens with two attached hydrogens (primary N) is 2. The molecule has 0 saturated heterocycles. The Morgan fingerprint density at radius 1 is 1.60 bits per heavy atom. The van der Waals surface area contributed by atoms with Crippen LogP contribution in [-0.2, 0) is 4.79 Å². The summed E-state index contributed by atoms with van der Waals surface area (Å²) in [6.07, 6.45) is 0. The monoisotopic (exact) mass is 145 g/mol. The van der Waals surface area contributed by atoms with Gasteiger partial charge in [0.15, 0.2) is 0 Å². The van der Waals surface area contributed by atoms with E-state index in [1.165, 1.54) is 0 Å². The van der Waals surface area contributed by atoms with Crippen LogP contribution in [0.2, 0.25) is 0 Å². The number of hydrogen-bond donors (Lipinski definition) is 3. The first-order valence-corrected chi connectivity index (χ1v) is 2.95. The van der Waals surface area contributed by atoms with Gasteiger partial charge in [0.05, 0.1) is 0 Å². The molecule has 0 heterocycles. The van der Waals surface area contributed by atoms with Gasteiger partial charge in [-0.2, -0.15) is 0 Å². The van der Waals surface area contributed by atoms with Crippen molar-refractivity contribution >= 4 is 5.91 Å². The third-order valence-electron chi connectivity index (χ3n) is 0.725. The van der Waals surface area contributed by atoms with E-state index < -0.39 is 0 Å². The van der Waals surface area contributed by atoms with E-state index in [2.05, 4.69) is 23.6 Å². The largest absolute Gasteiger partial charge is 0.353 e. The average molecular weight is 145 g/mol. The maximum Gasteiger partial charge on any atom is 0.246 e. The maximum atomic E-state index is 10.5. The lowest BCUT2D eigenvalue weighted by molar-refractivity contribution is -0.117. The normalized spacial score (nSPS) is 7.20. The molecule has 0 aromatic heterocycles. The van der Waals surface area contributed by atoms with Crippen LogP contribution >= 0.6 is 0 Å². The van der Waals surface area contributed by atoms with E-state index >= 15 is 0 Å². The highest BCUT2D eigenvalue weighted by atomic mass is 16.1. The third-order valence-corrected chi connectivity index (χ3v) is 0.725. The zero-order chi connectivity index (χ0) is 8.57. The molecule has 4 heteroatoms. The first kappa shape index (κ1) is 11.9. The first-order chi connectivity index (χ1) is 4.68. The van der Waals surface area contributed by atoms with Crippen LogP contribution in [0, 0.1) is 0 Å². The Morgan fingerprint density at radius 2 is 2.00 bits per heavy atom. The molecule has 0 saturated carbocycles. The summed E-state index contributed by atoms with van der Waals surface area (Å²) in [5.74, 6) is 7.94. The molecule has 0 atom stereocenters. The Morgan fingerprint density at radius 3 is 2.10 bits per heavy atom. The molecule has 0 rings (SSSR count). The van der Waals surface area contributed by atoms with E-state index in [1.807, 2.05) is 6.92 Å². The number of carbonyl (C=O) groups excluding carboxylic acids is 1. The van der Waals surface area contributed by atoms with Gasteiger partial charge in [0.1, 0.15) is 0 Å². The van der Waals surface area contributed by atoms with Crippen LogP contribution in [0.4, 0.5) is 0 Å². The zero-order valence-electron chi connectivity index (χ0n) is 6.48. The molecule has 5 N–H and O–H groups in total. The van der Waals surface area contributed by atoms with Crippen molar-refractivity contribution in [1.29, 1.82) is 0 Å². The Kier molecular flexibility index (Phi) is 9.65. The van der Waals surface area contributed by atoms with E-state index in [1.54, 1.807) is 6.92 Å². The number of carbonyl (C=O) groups is 1. The SMILES string of the molecule is C=C(C)C(=O)NCC.NN. The number of likely N-dealkylation sites (N-methyl/N-ethyl adjacent to an activating group) is 1. The summed E-state index contributed by atoms with van der Waals surface area (Å²) < 4.78 is 0. The Labute approximate surface area is 61.2 Å². The summed E-state index contributed by atoms with van der Waals surface area (Å²) in [7, 11) is 0. The van der Waals surface area contributed by atoms with Crippen molar-refractivity contribution in [2.45, 2.75) is 13.8 Å². The molecule has 0 fully saturated rings. The van der Waals surface area contributed by atoms with Crippen LogP contribution in [0.1, 0.15) is 13.8 Å². The second-order valence-electron chi connectivity index (χ2n) is 1.64. The number of rotatable bonds is 2. The molecule has 0 radical (unpaired) electrons. The van der Waals surface area contributed by atoms with Gasteiger partial charge in [0.2, 0.25) is 5.91 Å². The van der Waals surface area contributed by atoms with Gasteiger partial charge in [-0.25, -0.2) is 0 Å². The third kappa shape index (κ3) is 7.13. The summed E-state index contributed by atoms with van der Waals surface area (Å²) in [5.41, 5.74) is 0.562. The summed E-state index contributed by atoms with van der Waals surface area (Å²) in [6.45, 7) is 7.70.